The lowest BCUT2D eigenvalue weighted by Gasteiger charge is -2.36. The third-order valence-corrected chi connectivity index (χ3v) is 35.0. The molecule has 7 aliphatic rings. The average molecular weight is 2280 g/mol. The number of imidazole rings is 2. The molecule has 9 aromatic heterocycles. The van der Waals surface area contributed by atoms with E-state index in [0.29, 0.717) is 23.1 Å². The Morgan fingerprint density at radius 2 is 0.611 bits per heavy atom. The van der Waals surface area contributed by atoms with E-state index in [0.717, 1.165) is 42.3 Å². The van der Waals surface area contributed by atoms with Crippen molar-refractivity contribution in [2.75, 3.05) is 75.4 Å². The van der Waals surface area contributed by atoms with E-state index in [1.165, 1.54) is 76.2 Å². The zero-order valence-corrected chi connectivity index (χ0v) is 88.0. The van der Waals surface area contributed by atoms with E-state index >= 15 is 0 Å². The number of hydrogen-bond donors (Lipinski definition) is 7. The Balaban J connectivity index is 0.600. The Bertz CT molecular complexity index is 7180. The lowest BCUT2D eigenvalue weighted by atomic mass is 10.1. The molecule has 9 aromatic rings. The maximum absolute atomic E-state index is 14.9. The van der Waals surface area contributed by atoms with Gasteiger partial charge in [0.15, 0.2) is 29.7 Å². The van der Waals surface area contributed by atoms with Gasteiger partial charge in [-0.15, -0.1) is 0 Å². The van der Waals surface area contributed by atoms with Crippen LogP contribution in [0.3, 0.4) is 0 Å². The highest BCUT2D eigenvalue weighted by atomic mass is 32.7. The van der Waals surface area contributed by atoms with Crippen molar-refractivity contribution < 1.29 is 130 Å². The van der Waals surface area contributed by atoms with Crippen LogP contribution in [-0.4, -0.2) is 219 Å². The fourth-order valence-electron chi connectivity index (χ4n) is 16.6. The number of anilines is 5. The number of aromatic amines is 2. The molecule has 58 nitrogen and oxygen atoms in total. The second-order valence-corrected chi connectivity index (χ2v) is 52.7. The first-order valence-electron chi connectivity index (χ1n) is 43.3. The zero-order chi connectivity index (χ0) is 104. The summed E-state index contributed by atoms with van der Waals surface area (Å²) in [6, 6.07) is 0. The van der Waals surface area contributed by atoms with Crippen LogP contribution < -0.4 is 97.6 Å². The van der Waals surface area contributed by atoms with Gasteiger partial charge < -0.3 is 167 Å². The molecule has 12 N–H and O–H groups in total. The van der Waals surface area contributed by atoms with Crippen LogP contribution >= 0.6 is 47.1 Å². The molecular weight excluding hydrogens is 2190 g/mol. The minimum Gasteiger partial charge on any atom is -0.780 e. The van der Waals surface area contributed by atoms with Crippen LogP contribution in [0, 0.1) is 34.6 Å². The summed E-state index contributed by atoms with van der Waals surface area (Å²) in [5.41, 5.74) is 25.8. The topological polar surface area (TPSA) is 781 Å². The van der Waals surface area contributed by atoms with Gasteiger partial charge in [0.25, 0.3) is 11.1 Å². The molecule has 788 valence electrons. The van der Waals surface area contributed by atoms with Gasteiger partial charge >= 0.3 is 28.4 Å². The third-order valence-electron chi connectivity index (χ3n) is 23.9. The van der Waals surface area contributed by atoms with Crippen LogP contribution in [0.4, 0.5) is 29.1 Å². The molecule has 0 radical (unpaired) electrons. The number of aromatic nitrogens is 18. The summed E-state index contributed by atoms with van der Waals surface area (Å²) in [6.45, 7) is -29.6. The zero-order valence-electron chi connectivity index (χ0n) is 76.0. The maximum atomic E-state index is 14.9. The first kappa shape index (κ1) is 110. The van der Waals surface area contributed by atoms with Crippen molar-refractivity contribution in [2.24, 2.45) is 0 Å². The van der Waals surface area contributed by atoms with Crippen molar-refractivity contribution in [3.63, 3.8) is 0 Å². The van der Waals surface area contributed by atoms with Gasteiger partial charge in [0.1, 0.15) is 162 Å². The van der Waals surface area contributed by atoms with Gasteiger partial charge in [0, 0.05) is 111 Å². The summed E-state index contributed by atoms with van der Waals surface area (Å²) in [5, 5.41) is 0. The number of nitrogens with one attached hydrogen (secondary N) is 2. The van der Waals surface area contributed by atoms with Crippen molar-refractivity contribution in [1.29, 1.82) is 0 Å². The average Bonchev–Trinajstić information content (AvgIpc) is 1.62. The lowest BCUT2D eigenvalue weighted by Crippen LogP contribution is -2.34. The van der Waals surface area contributed by atoms with E-state index in [-0.39, 0.29) is 81.8 Å². The summed E-state index contributed by atoms with van der Waals surface area (Å²) >= 11 is 38.0. The summed E-state index contributed by atoms with van der Waals surface area (Å²) < 4.78 is 148. The first-order chi connectivity index (χ1) is 67.8. The Morgan fingerprint density at radius 3 is 0.903 bits per heavy atom. The molecule has 28 atom stereocenters. The molecule has 72 heteroatoms. The van der Waals surface area contributed by atoms with Crippen molar-refractivity contribution in [3.05, 3.63) is 157 Å². The molecule has 0 saturated carbocycles. The Kier molecular flexibility index (Phi) is 34.0. The van der Waals surface area contributed by atoms with E-state index in [4.69, 9.17) is 208 Å². The van der Waals surface area contributed by atoms with Gasteiger partial charge in [0.2, 0.25) is 0 Å². The largest absolute Gasteiger partial charge is 0.780 e. The molecule has 0 amide bonds. The molecule has 7 saturated heterocycles. The van der Waals surface area contributed by atoms with Crippen LogP contribution in [0.25, 0.3) is 22.3 Å². The van der Waals surface area contributed by atoms with E-state index < -0.39 is 281 Å². The molecule has 7 aliphatic heterocycles. The van der Waals surface area contributed by atoms with Gasteiger partial charge in [-0.1, -0.05) is 77.8 Å². The van der Waals surface area contributed by atoms with Crippen LogP contribution in [0.15, 0.2) is 89.9 Å². The number of fused-ring (bicyclic) bond motifs is 2. The molecule has 144 heavy (non-hydrogen) atoms. The summed E-state index contributed by atoms with van der Waals surface area (Å²) in [5.74, 6) is -0.244. The predicted molar refractivity (Wildman–Crippen MR) is 512 cm³/mol. The minimum absolute atomic E-state index is 0.000910. The van der Waals surface area contributed by atoms with Crippen LogP contribution in [-0.2, 0) is 184 Å². The van der Waals surface area contributed by atoms with Gasteiger partial charge in [-0.2, -0.15) is 15.0 Å². The second kappa shape index (κ2) is 44.4. The van der Waals surface area contributed by atoms with Crippen LogP contribution in [0.5, 0.6) is 0 Å². The highest BCUT2D eigenvalue weighted by Gasteiger charge is 2.49. The second-order valence-electron chi connectivity index (χ2n) is 33.7. The third kappa shape index (κ3) is 25.9. The monoisotopic (exact) mass is 2280 g/mol. The number of H-pyrrole nitrogens is 2. The fraction of sp³-hybridized carbons (Fsp3) is 0.583. The van der Waals surface area contributed by atoms with Gasteiger partial charge in [-0.25, -0.2) is 53.9 Å². The van der Waals surface area contributed by atoms with Crippen LogP contribution in [0.1, 0.15) is 130 Å². The van der Waals surface area contributed by atoms with Gasteiger partial charge in [0.05, 0.1) is 101 Å². The Hall–Kier alpha value is -6.50. The fourth-order valence-corrected chi connectivity index (χ4v) is 26.3. The summed E-state index contributed by atoms with van der Waals surface area (Å²) in [7, 11) is 1.06. The molecule has 0 aliphatic carbocycles. The van der Waals surface area contributed by atoms with E-state index in [9.17, 15) is 67.5 Å². The van der Waals surface area contributed by atoms with Crippen molar-refractivity contribution in [2.45, 2.75) is 222 Å². The number of hydrogen-bond acceptors (Lipinski definition) is 56. The van der Waals surface area contributed by atoms with Gasteiger partial charge in [-0.3, -0.25) is 56.1 Å². The van der Waals surface area contributed by atoms with Crippen molar-refractivity contribution in [3.8, 4) is 0 Å². The number of nitrogens with two attached hydrogens (primary N) is 5. The lowest BCUT2D eigenvalue weighted by molar-refractivity contribution is -0.221. The van der Waals surface area contributed by atoms with E-state index in [2.05, 4.69) is 54.8 Å². The molecule has 16 heterocycles. The van der Waals surface area contributed by atoms with Gasteiger partial charge in [-0.05, 0) is 41.0 Å². The number of nitrogens with zero attached hydrogens (tertiary/aromatic N) is 16. The first-order valence-corrected chi connectivity index (χ1v) is 61.2. The highest BCUT2D eigenvalue weighted by molar-refractivity contribution is 8.32. The molecule has 7 fully saturated rings. The standard InChI is InChI=1S/C72H98N23O35P7S7/c1-8-36-37(9-55(117-36)94-29-82-57-62(76)78-27-80-64(57)94)125-132(104,139)111-22-45-39(10-50(118-45)89-16-31(2)59(73)84-68(89)98)126-134(106,141)113-23-46-40(11-51(119-46)90-17-32(3)60(74)85-69(90)99)127-136(108,143)116-26-49-43(14-54(122-49)93-20-35(6)67(97)88-72(93)102)130-137(109,144)114-24-47-41(12-52(120-47)91-18-33(4)61(75)86-70(91)100)128-135(107,142)115-25-48-42(13-53(121-48)92-19-34(5)66(96)87-71(92)101)129-133(105,140)112-21-44-38(124-131(103,138)110-7)15-56(123-44)95-30-83-58-63(77)79-28-81-65(58)95/h16-20,27-30,36-56H,8-15,21-26H2,1-7H3,(H,103,138)(H,104,139)(H,105,140)(H,106,141)(H,107,142)(H,108,143)(H,109,144)(H2,73,84,98)(H2,74,85,99)(H2,75,86,100)(H2,76,78,80)(H2,77,79,81)(H,87,96,101)(H,88,97,102)/p-7/t36-,37-,38-,39-,40-,41-,42-,43-,44-,45-,46-,47-,48-,49-,50-,51-,52-,53-,54-,55-,56-,131?,132?,133?,134?,135?,136?,137?/m1/s1. The SMILES string of the molecule is CC[C@H]1O[C@@H](n2cnc3c(N)ncnc32)C[C@H]1OP([O-])(=S)OC[C@H]1O[C@@H](n2cc(C)c(N)nc2=O)C[C@H]1OP(=O)([S-])OC[C@H]1O[C@@H](n2cc(C)c(N)nc2=O)C[C@H]1OP([O-])(=S)OC[C@H]1O[C@@H](n2cc(C)c(=O)[nH]c2=O)C[C@H]1OP([O-])(=S)OC[C@H]1O[C@@H](n2cc(C)c(N)nc2=O)C[C@H]1OP([O-])(=S)OC[C@H]1O[C@@H](n2cc(C)c(=O)[nH]c2=O)C[C@H]1OP([O-])(=S)OC[C@H]1O[C@@H](n2cnc3c(N)ncnc32)C[C@H]1OP([O-])(=S)OC. The number of nitrogen functional groups attached to an aromatic ring is 5. The molecule has 7 unspecified atom stereocenters. The quantitative estimate of drug-likeness (QED) is 0.0161. The van der Waals surface area contributed by atoms with Crippen molar-refractivity contribution >= 4 is 182 Å². The van der Waals surface area contributed by atoms with Crippen molar-refractivity contribution in [1.82, 2.24) is 86.8 Å². The smallest absolute Gasteiger partial charge is 0.351 e. The number of ether oxygens (including phenoxy) is 7. The molecule has 0 spiro atoms. The summed E-state index contributed by atoms with van der Waals surface area (Å²) in [4.78, 5) is 220. The Morgan fingerprint density at radius 1 is 0.361 bits per heavy atom. The summed E-state index contributed by atoms with van der Waals surface area (Å²) in [6.07, 6.45) is -18.8. The predicted octanol–water partition coefficient (Wildman–Crippen LogP) is -1.98. The van der Waals surface area contributed by atoms with E-state index in [1.54, 1.807) is 18.4 Å². The Labute approximate surface area is 847 Å². The molecule has 0 bridgehead atoms. The minimum atomic E-state index is -5.07. The number of aryl methyl sites for hydroxylation is 5. The molecule has 16 rings (SSSR count). The molecular formula is C72H91N23O35P7S7-7. The highest BCUT2D eigenvalue weighted by Crippen LogP contribution is 2.57. The maximum Gasteiger partial charge on any atom is 0.351 e. The molecule has 0 aromatic carbocycles. The van der Waals surface area contributed by atoms with E-state index in [1.807, 2.05) is 0 Å². The van der Waals surface area contributed by atoms with Crippen LogP contribution in [0.2, 0.25) is 0 Å². The number of rotatable bonds is 41. The normalized spacial score (nSPS) is 29.7.